The Morgan fingerprint density at radius 2 is 2.22 bits per heavy atom. The van der Waals surface area contributed by atoms with Gasteiger partial charge in [-0.2, -0.15) is 0 Å². The molecule has 1 aliphatic carbocycles. The number of nitrogens with one attached hydrogen (secondary N) is 2. The van der Waals surface area contributed by atoms with Crippen molar-refractivity contribution in [3.8, 4) is 5.75 Å². The third kappa shape index (κ3) is 2.18. The molecule has 1 aromatic heterocycles. The molecule has 0 radical (unpaired) electrons. The van der Waals surface area contributed by atoms with Gasteiger partial charge in [0.2, 0.25) is 0 Å². The van der Waals surface area contributed by atoms with Crippen molar-refractivity contribution in [3.05, 3.63) is 29.5 Å². The van der Waals surface area contributed by atoms with Crippen LogP contribution in [0.4, 0.5) is 0 Å². The molecular formula is C22H29N2O3+. The van der Waals surface area contributed by atoms with E-state index in [2.05, 4.69) is 24.0 Å². The van der Waals surface area contributed by atoms with Crippen LogP contribution in [0, 0.1) is 11.8 Å². The van der Waals surface area contributed by atoms with Crippen molar-refractivity contribution in [1.82, 2.24) is 4.98 Å². The number of rotatable bonds is 3. The predicted octanol–water partition coefficient (Wildman–Crippen LogP) is 1.85. The minimum atomic E-state index is -0.538. The lowest BCUT2D eigenvalue weighted by atomic mass is 9.56. The molecule has 3 aliphatic heterocycles. The molecule has 1 unspecified atom stereocenters. The molecule has 0 amide bonds. The first-order valence-corrected chi connectivity index (χ1v) is 10.2. The quantitative estimate of drug-likeness (QED) is 0.812. The highest BCUT2D eigenvalue weighted by Gasteiger charge is 2.65. The van der Waals surface area contributed by atoms with Gasteiger partial charge < -0.3 is 19.4 Å². The number of esters is 1. The van der Waals surface area contributed by atoms with Crippen LogP contribution in [0.5, 0.6) is 5.75 Å². The highest BCUT2D eigenvalue weighted by molar-refractivity contribution is 5.92. The van der Waals surface area contributed by atoms with E-state index < -0.39 is 5.41 Å². The van der Waals surface area contributed by atoms with Gasteiger partial charge in [0, 0.05) is 34.9 Å². The molecule has 2 N–H and O–H groups in total. The topological polar surface area (TPSA) is 55.8 Å². The summed E-state index contributed by atoms with van der Waals surface area (Å²) in [5.74, 6) is 2.00. The minimum Gasteiger partial charge on any atom is -0.497 e. The summed E-state index contributed by atoms with van der Waals surface area (Å²) in [7, 11) is 3.26. The second-order valence-electron chi connectivity index (χ2n) is 8.67. The maximum Gasteiger partial charge on any atom is 0.324 e. The van der Waals surface area contributed by atoms with Crippen LogP contribution in [0.2, 0.25) is 0 Å². The number of methoxy groups -OCH3 is 2. The number of carbonyl (C=O) groups is 1. The highest BCUT2D eigenvalue weighted by Crippen LogP contribution is 2.50. The SMILES string of the molecule is CC[C@H]1C[C@@H]2C[NH+]3CCc4c([nH]c5ccc(OC)cc45)[C@](C(=O)OC)(C2)[C@H]13. The number of aromatic amines is 1. The molecule has 2 aromatic rings. The number of fused-ring (bicyclic) bond motifs is 4. The van der Waals surface area contributed by atoms with E-state index in [9.17, 15) is 4.79 Å². The fourth-order valence-corrected chi connectivity index (χ4v) is 6.66. The predicted molar refractivity (Wildman–Crippen MR) is 103 cm³/mol. The van der Waals surface area contributed by atoms with Gasteiger partial charge in [0.05, 0.1) is 27.3 Å². The van der Waals surface area contributed by atoms with Gasteiger partial charge in [-0.15, -0.1) is 0 Å². The van der Waals surface area contributed by atoms with E-state index in [1.165, 1.54) is 23.9 Å². The van der Waals surface area contributed by atoms with E-state index in [4.69, 9.17) is 9.47 Å². The average Bonchev–Trinajstić information content (AvgIpc) is 3.04. The molecule has 1 saturated carbocycles. The van der Waals surface area contributed by atoms with Crippen LogP contribution in [-0.2, 0) is 21.4 Å². The first-order valence-electron chi connectivity index (χ1n) is 10.2. The maximum absolute atomic E-state index is 13.4. The number of aromatic nitrogens is 1. The van der Waals surface area contributed by atoms with E-state index in [1.807, 2.05) is 6.07 Å². The molecular weight excluding hydrogens is 340 g/mol. The monoisotopic (exact) mass is 369 g/mol. The summed E-state index contributed by atoms with van der Waals surface area (Å²) in [6.45, 7) is 4.57. The number of benzene rings is 1. The highest BCUT2D eigenvalue weighted by atomic mass is 16.5. The summed E-state index contributed by atoms with van der Waals surface area (Å²) in [6, 6.07) is 6.50. The van der Waals surface area contributed by atoms with Gasteiger partial charge in [-0.1, -0.05) is 6.92 Å². The van der Waals surface area contributed by atoms with Crippen molar-refractivity contribution in [3.63, 3.8) is 0 Å². The number of H-pyrrole nitrogens is 1. The summed E-state index contributed by atoms with van der Waals surface area (Å²) in [4.78, 5) is 18.7. The molecule has 5 atom stereocenters. The lowest BCUT2D eigenvalue weighted by molar-refractivity contribution is -0.948. The first kappa shape index (κ1) is 17.1. The van der Waals surface area contributed by atoms with Crippen LogP contribution in [0.25, 0.3) is 10.9 Å². The van der Waals surface area contributed by atoms with Gasteiger partial charge in [-0.3, -0.25) is 4.79 Å². The molecule has 1 aromatic carbocycles. The molecule has 5 nitrogen and oxygen atoms in total. The second kappa shape index (κ2) is 5.99. The van der Waals surface area contributed by atoms with Crippen LogP contribution < -0.4 is 9.64 Å². The largest absolute Gasteiger partial charge is 0.497 e. The fraction of sp³-hybridized carbons (Fsp3) is 0.591. The summed E-state index contributed by atoms with van der Waals surface area (Å²) in [6.07, 6.45) is 4.30. The zero-order valence-electron chi connectivity index (χ0n) is 16.4. The Morgan fingerprint density at radius 3 is 2.96 bits per heavy atom. The number of piperidine rings is 2. The summed E-state index contributed by atoms with van der Waals surface area (Å²) >= 11 is 0. The van der Waals surface area contributed by atoms with E-state index in [0.29, 0.717) is 17.9 Å². The van der Waals surface area contributed by atoms with Gasteiger partial charge in [0.15, 0.2) is 5.41 Å². The lowest BCUT2D eigenvalue weighted by Gasteiger charge is -2.54. The van der Waals surface area contributed by atoms with E-state index in [0.717, 1.165) is 42.8 Å². The third-order valence-corrected chi connectivity index (χ3v) is 7.57. The molecule has 2 saturated heterocycles. The van der Waals surface area contributed by atoms with Gasteiger partial charge in [-0.05, 0) is 43.0 Å². The van der Waals surface area contributed by atoms with Crippen molar-refractivity contribution in [2.45, 2.75) is 44.1 Å². The lowest BCUT2D eigenvalue weighted by Crippen LogP contribution is -3.21. The van der Waals surface area contributed by atoms with E-state index in [1.54, 1.807) is 19.1 Å². The number of ether oxygens (including phenoxy) is 2. The van der Waals surface area contributed by atoms with Crippen LogP contribution in [0.15, 0.2) is 18.2 Å². The first-order chi connectivity index (χ1) is 13.1. The Kier molecular flexibility index (Phi) is 3.80. The Bertz CT molecular complexity index is 904. The fourth-order valence-electron chi connectivity index (χ4n) is 6.66. The zero-order chi connectivity index (χ0) is 18.8. The molecule has 4 heterocycles. The summed E-state index contributed by atoms with van der Waals surface area (Å²) in [5.41, 5.74) is 2.98. The Morgan fingerprint density at radius 1 is 1.37 bits per heavy atom. The van der Waals surface area contributed by atoms with Gasteiger partial charge in [0.1, 0.15) is 11.8 Å². The van der Waals surface area contributed by atoms with E-state index in [-0.39, 0.29) is 5.97 Å². The molecule has 5 heteroatoms. The van der Waals surface area contributed by atoms with E-state index >= 15 is 0 Å². The minimum absolute atomic E-state index is 0.0467. The maximum atomic E-state index is 13.4. The molecule has 4 bridgehead atoms. The molecule has 6 rings (SSSR count). The molecule has 144 valence electrons. The normalized spacial score (nSPS) is 34.2. The Balaban J connectivity index is 1.79. The van der Waals surface area contributed by atoms with Gasteiger partial charge >= 0.3 is 5.97 Å². The van der Waals surface area contributed by atoms with Gasteiger partial charge in [-0.25, -0.2) is 0 Å². The summed E-state index contributed by atoms with van der Waals surface area (Å²) in [5, 5.41) is 1.20. The molecule has 27 heavy (non-hydrogen) atoms. The number of quaternary nitrogens is 1. The standard InChI is InChI=1S/C22H28N2O3/c1-4-14-9-13-11-22(21(25)27-3)19-16(7-8-24(12-13)20(14)22)17-10-15(26-2)5-6-18(17)23-19/h5-6,10,13-14,20,23H,4,7-9,11-12H2,1-3H3/p+1/t13-,14-,20-,22+/m0/s1. The average molecular weight is 369 g/mol. The van der Waals surface area contributed by atoms with Crippen molar-refractivity contribution in [2.24, 2.45) is 11.8 Å². The second-order valence-corrected chi connectivity index (χ2v) is 8.67. The van der Waals surface area contributed by atoms with Crippen molar-refractivity contribution in [2.75, 3.05) is 27.3 Å². The Hall–Kier alpha value is -2.01. The molecule has 3 fully saturated rings. The number of hydrogen-bond donors (Lipinski definition) is 2. The smallest absolute Gasteiger partial charge is 0.324 e. The van der Waals surface area contributed by atoms with Crippen molar-refractivity contribution >= 4 is 16.9 Å². The van der Waals surface area contributed by atoms with Crippen LogP contribution in [0.1, 0.15) is 37.4 Å². The zero-order valence-corrected chi connectivity index (χ0v) is 16.4. The van der Waals surface area contributed by atoms with Crippen molar-refractivity contribution < 1.29 is 19.2 Å². The van der Waals surface area contributed by atoms with Crippen LogP contribution >= 0.6 is 0 Å². The number of carbonyl (C=O) groups excluding carboxylic acids is 1. The molecule has 4 aliphatic rings. The third-order valence-electron chi connectivity index (χ3n) is 7.57. The molecule has 0 spiro atoms. The van der Waals surface area contributed by atoms with Crippen LogP contribution in [-0.4, -0.2) is 44.3 Å². The van der Waals surface area contributed by atoms with Gasteiger partial charge in [0.25, 0.3) is 0 Å². The number of hydrogen-bond acceptors (Lipinski definition) is 3. The van der Waals surface area contributed by atoms with Crippen molar-refractivity contribution in [1.29, 1.82) is 0 Å². The Labute approximate surface area is 160 Å². The van der Waals surface area contributed by atoms with Crippen LogP contribution in [0.3, 0.4) is 0 Å². The summed E-state index contributed by atoms with van der Waals surface area (Å²) < 4.78 is 10.9.